The fourth-order valence-corrected chi connectivity index (χ4v) is 5.13. The lowest BCUT2D eigenvalue weighted by molar-refractivity contribution is -0.146. The number of halogens is 1. The molecule has 0 saturated carbocycles. The Morgan fingerprint density at radius 1 is 1.17 bits per heavy atom. The van der Waals surface area contributed by atoms with E-state index in [4.69, 9.17) is 11.6 Å². The quantitative estimate of drug-likeness (QED) is 0.434. The fraction of sp³-hybridized carbons (Fsp3) is 0.323. The summed E-state index contributed by atoms with van der Waals surface area (Å²) in [5.74, 6) is -2.17. The molecule has 0 radical (unpaired) electrons. The molecule has 2 aliphatic heterocycles. The topological polar surface area (TPSA) is 116 Å². The number of allylic oxidation sites excluding steroid dienone is 1. The van der Waals surface area contributed by atoms with Gasteiger partial charge in [0.1, 0.15) is 17.5 Å². The van der Waals surface area contributed by atoms with Gasteiger partial charge < -0.3 is 15.5 Å². The van der Waals surface area contributed by atoms with Crippen molar-refractivity contribution < 1.29 is 24.0 Å². The normalized spacial score (nSPS) is 17.7. The molecular formula is C31H33ClN4O5. The molecule has 2 heterocycles. The average Bonchev–Trinajstić information content (AvgIpc) is 3.17. The third-order valence-corrected chi connectivity index (χ3v) is 7.62. The van der Waals surface area contributed by atoms with Crippen LogP contribution >= 0.6 is 11.6 Å². The van der Waals surface area contributed by atoms with Crippen LogP contribution < -0.4 is 10.6 Å². The van der Waals surface area contributed by atoms with Crippen LogP contribution in [0, 0.1) is 6.92 Å². The Bertz CT molecular complexity index is 1500. The van der Waals surface area contributed by atoms with Crippen LogP contribution in [0.3, 0.4) is 0 Å². The first kappa shape index (κ1) is 29.7. The van der Waals surface area contributed by atoms with Gasteiger partial charge in [0, 0.05) is 55.0 Å². The van der Waals surface area contributed by atoms with Crippen molar-refractivity contribution in [3.05, 3.63) is 87.7 Å². The highest BCUT2D eigenvalue weighted by Crippen LogP contribution is 2.29. The second-order valence-electron chi connectivity index (χ2n) is 10.8. The summed E-state index contributed by atoms with van der Waals surface area (Å²) >= 11 is 6.21. The number of nitrogens with one attached hydrogen (secondary N) is 2. The van der Waals surface area contributed by atoms with Gasteiger partial charge in [0.2, 0.25) is 5.91 Å². The van der Waals surface area contributed by atoms with Gasteiger partial charge in [-0.15, -0.1) is 0 Å². The lowest BCUT2D eigenvalue weighted by Gasteiger charge is -2.29. The van der Waals surface area contributed by atoms with Crippen LogP contribution in [0.15, 0.2) is 60.4 Å². The first-order chi connectivity index (χ1) is 19.3. The van der Waals surface area contributed by atoms with Gasteiger partial charge in [-0.1, -0.05) is 37.2 Å². The standard InChI is InChI=1S/C31H33ClN4O5/c1-17-6-8-20(12-25(17)32)11-24(37)10-18(2)21-13-22(30(40)35(4)5)15-23(14-21)34-26-16-28(38)36(31(26)41)27-9-7-19(3)33-29(27)39/h6,8,12-16,18,27,34H,3,7,9-11H2,1-2,4-5H3,(H,33,39). The zero-order valence-corrected chi connectivity index (χ0v) is 24.3. The van der Waals surface area contributed by atoms with E-state index >= 15 is 0 Å². The number of amides is 4. The Morgan fingerprint density at radius 2 is 1.90 bits per heavy atom. The number of ketones is 1. The SMILES string of the molecule is C=C1CCC(N2C(=O)C=C(Nc3cc(C(=O)N(C)C)cc(C(C)CC(=O)Cc4ccc(C)c(Cl)c4)c3)C2=O)C(=O)N1. The van der Waals surface area contributed by atoms with Crippen molar-refractivity contribution >= 4 is 46.7 Å². The highest BCUT2D eigenvalue weighted by molar-refractivity contribution is 6.31. The maximum atomic E-state index is 13.2. The van der Waals surface area contributed by atoms with Gasteiger partial charge in [0.05, 0.1) is 0 Å². The molecule has 41 heavy (non-hydrogen) atoms. The Morgan fingerprint density at radius 3 is 2.56 bits per heavy atom. The van der Waals surface area contributed by atoms with Crippen LogP contribution in [0.5, 0.6) is 0 Å². The van der Waals surface area contributed by atoms with E-state index in [1.54, 1.807) is 38.4 Å². The number of nitrogens with zero attached hydrogens (tertiary/aromatic N) is 2. The number of anilines is 1. The largest absolute Gasteiger partial charge is 0.351 e. The van der Waals surface area contributed by atoms with Crippen LogP contribution in [-0.2, 0) is 25.6 Å². The Kier molecular flexibility index (Phi) is 8.77. The molecule has 9 nitrogen and oxygen atoms in total. The second-order valence-corrected chi connectivity index (χ2v) is 11.2. The summed E-state index contributed by atoms with van der Waals surface area (Å²) in [6.07, 6.45) is 2.36. The number of hydrogen-bond donors (Lipinski definition) is 2. The van der Waals surface area contributed by atoms with Crippen LogP contribution in [0.2, 0.25) is 5.02 Å². The number of hydrogen-bond acceptors (Lipinski definition) is 6. The Labute approximate surface area is 244 Å². The zero-order valence-electron chi connectivity index (χ0n) is 23.5. The maximum Gasteiger partial charge on any atom is 0.278 e. The highest BCUT2D eigenvalue weighted by Gasteiger charge is 2.41. The van der Waals surface area contributed by atoms with Gasteiger partial charge >= 0.3 is 0 Å². The first-order valence-corrected chi connectivity index (χ1v) is 13.7. The number of Topliss-reactive ketones (excluding diaryl/α,β-unsaturated/α-hetero) is 1. The van der Waals surface area contributed by atoms with Crippen molar-refractivity contribution in [2.24, 2.45) is 0 Å². The summed E-state index contributed by atoms with van der Waals surface area (Å²) < 4.78 is 0. The summed E-state index contributed by atoms with van der Waals surface area (Å²) in [5, 5.41) is 6.18. The number of benzene rings is 2. The van der Waals surface area contributed by atoms with Crippen LogP contribution in [0.25, 0.3) is 0 Å². The van der Waals surface area contributed by atoms with Crippen molar-refractivity contribution in [1.29, 1.82) is 0 Å². The molecular weight excluding hydrogens is 544 g/mol. The van der Waals surface area contributed by atoms with E-state index < -0.39 is 23.8 Å². The molecule has 2 unspecified atom stereocenters. The molecule has 2 atom stereocenters. The minimum Gasteiger partial charge on any atom is -0.351 e. The predicted octanol–water partition coefficient (Wildman–Crippen LogP) is 4.11. The molecule has 2 N–H and O–H groups in total. The summed E-state index contributed by atoms with van der Waals surface area (Å²) in [6, 6.07) is 9.70. The Balaban J connectivity index is 1.54. The maximum absolute atomic E-state index is 13.2. The minimum atomic E-state index is -0.928. The van der Waals surface area contributed by atoms with Gasteiger partial charge in [-0.3, -0.25) is 28.9 Å². The number of rotatable bonds is 9. The summed E-state index contributed by atoms with van der Waals surface area (Å²) in [6.45, 7) is 7.53. The molecule has 2 aromatic rings. The Hall–Kier alpha value is -4.24. The van der Waals surface area contributed by atoms with Gasteiger partial charge in [0.25, 0.3) is 17.7 Å². The van der Waals surface area contributed by atoms with Gasteiger partial charge in [-0.2, -0.15) is 0 Å². The first-order valence-electron chi connectivity index (χ1n) is 13.3. The number of piperidine rings is 1. The zero-order chi connectivity index (χ0) is 30.0. The average molecular weight is 577 g/mol. The number of carbonyl (C=O) groups excluding carboxylic acids is 5. The second kappa shape index (κ2) is 12.1. The predicted molar refractivity (Wildman–Crippen MR) is 156 cm³/mol. The van der Waals surface area contributed by atoms with E-state index in [2.05, 4.69) is 17.2 Å². The minimum absolute atomic E-state index is 0.00687. The molecule has 4 rings (SSSR count). The molecule has 1 fully saturated rings. The van der Waals surface area contributed by atoms with Gasteiger partial charge in [-0.25, -0.2) is 0 Å². The van der Waals surface area contributed by atoms with E-state index in [-0.39, 0.29) is 36.1 Å². The number of imide groups is 1. The molecule has 1 saturated heterocycles. The highest BCUT2D eigenvalue weighted by atomic mass is 35.5. The van der Waals surface area contributed by atoms with E-state index in [0.717, 1.165) is 27.7 Å². The molecule has 0 spiro atoms. The summed E-state index contributed by atoms with van der Waals surface area (Å²) in [4.78, 5) is 66.6. The van der Waals surface area contributed by atoms with E-state index in [9.17, 15) is 24.0 Å². The van der Waals surface area contributed by atoms with Crippen LogP contribution in [-0.4, -0.2) is 59.3 Å². The van der Waals surface area contributed by atoms with E-state index in [0.29, 0.717) is 34.8 Å². The van der Waals surface area contributed by atoms with Crippen molar-refractivity contribution in [3.8, 4) is 0 Å². The number of aryl methyl sites for hydroxylation is 1. The lowest BCUT2D eigenvalue weighted by Crippen LogP contribution is -2.52. The third-order valence-electron chi connectivity index (χ3n) is 7.22. The molecule has 4 amide bonds. The number of carbonyl (C=O) groups is 5. The van der Waals surface area contributed by atoms with Gasteiger partial charge in [-0.05, 0) is 66.6 Å². The molecule has 10 heteroatoms. The van der Waals surface area contributed by atoms with Crippen LogP contribution in [0.1, 0.15) is 59.2 Å². The van der Waals surface area contributed by atoms with E-state index in [1.807, 2.05) is 26.0 Å². The molecule has 0 bridgehead atoms. The smallest absolute Gasteiger partial charge is 0.278 e. The molecule has 0 aliphatic carbocycles. The van der Waals surface area contributed by atoms with Crippen molar-refractivity contribution in [2.75, 3.05) is 19.4 Å². The fourth-order valence-electron chi connectivity index (χ4n) is 4.93. The van der Waals surface area contributed by atoms with Crippen molar-refractivity contribution in [1.82, 2.24) is 15.1 Å². The summed E-state index contributed by atoms with van der Waals surface area (Å²) in [7, 11) is 3.26. The van der Waals surface area contributed by atoms with Gasteiger partial charge in [0.15, 0.2) is 0 Å². The third kappa shape index (κ3) is 6.74. The molecule has 2 aliphatic rings. The molecule has 0 aromatic heterocycles. The van der Waals surface area contributed by atoms with Crippen LogP contribution in [0.4, 0.5) is 5.69 Å². The van der Waals surface area contributed by atoms with E-state index in [1.165, 1.54) is 4.90 Å². The monoisotopic (exact) mass is 576 g/mol. The van der Waals surface area contributed by atoms with Crippen molar-refractivity contribution in [3.63, 3.8) is 0 Å². The summed E-state index contributed by atoms with van der Waals surface area (Å²) in [5.41, 5.74) is 3.79. The molecule has 2 aromatic carbocycles. The molecule has 214 valence electrons. The van der Waals surface area contributed by atoms with Crippen molar-refractivity contribution in [2.45, 2.75) is 51.5 Å². The lowest BCUT2D eigenvalue weighted by atomic mass is 9.91.